The summed E-state index contributed by atoms with van der Waals surface area (Å²) in [7, 11) is 0. The molecule has 0 fully saturated rings. The van der Waals surface area contributed by atoms with Crippen LogP contribution < -0.4 is 10.5 Å². The van der Waals surface area contributed by atoms with Crippen LogP contribution in [-0.4, -0.2) is 31.1 Å². The molecule has 0 amide bonds. The van der Waals surface area contributed by atoms with Crippen molar-refractivity contribution in [1.82, 2.24) is 4.90 Å². The van der Waals surface area contributed by atoms with Gasteiger partial charge in [0.25, 0.3) is 0 Å². The zero-order valence-corrected chi connectivity index (χ0v) is 9.47. The number of nitriles is 2. The van der Waals surface area contributed by atoms with E-state index in [9.17, 15) is 0 Å². The van der Waals surface area contributed by atoms with Gasteiger partial charge in [0.15, 0.2) is 0 Å². The number of hydrogen-bond donors (Lipinski definition) is 1. The molecule has 0 bridgehead atoms. The molecule has 5 heteroatoms. The van der Waals surface area contributed by atoms with Gasteiger partial charge in [-0.2, -0.15) is 10.5 Å². The number of nitrogens with zero attached hydrogens (tertiary/aromatic N) is 3. The van der Waals surface area contributed by atoms with Crippen molar-refractivity contribution in [2.75, 3.05) is 32.0 Å². The van der Waals surface area contributed by atoms with Crippen LogP contribution >= 0.6 is 0 Å². The molecule has 0 aromatic heterocycles. The summed E-state index contributed by atoms with van der Waals surface area (Å²) in [5.74, 6) is 0.626. The molecule has 0 radical (unpaired) electrons. The number of para-hydroxylation sites is 2. The summed E-state index contributed by atoms with van der Waals surface area (Å²) in [5, 5.41) is 17.1. The highest BCUT2D eigenvalue weighted by Gasteiger charge is 2.04. The normalized spacial score (nSPS) is 9.59. The van der Waals surface area contributed by atoms with Crippen molar-refractivity contribution in [3.8, 4) is 17.9 Å². The molecule has 17 heavy (non-hydrogen) atoms. The maximum atomic E-state index is 8.56. The van der Waals surface area contributed by atoms with E-state index < -0.39 is 0 Å². The van der Waals surface area contributed by atoms with Gasteiger partial charge in [0, 0.05) is 6.54 Å². The number of ether oxygens (including phenoxy) is 1. The maximum Gasteiger partial charge on any atom is 0.142 e. The third-order valence-corrected chi connectivity index (χ3v) is 2.17. The molecule has 0 aliphatic heterocycles. The molecule has 0 atom stereocenters. The van der Waals surface area contributed by atoms with Crippen LogP contribution in [-0.2, 0) is 0 Å². The SMILES string of the molecule is N#CCN(CC#N)CCOc1ccccc1N. The topological polar surface area (TPSA) is 86.1 Å². The second-order valence-electron chi connectivity index (χ2n) is 3.41. The van der Waals surface area contributed by atoms with E-state index in [-0.39, 0.29) is 13.1 Å². The summed E-state index contributed by atoms with van der Waals surface area (Å²) in [5.41, 5.74) is 6.29. The average molecular weight is 230 g/mol. The van der Waals surface area contributed by atoms with Gasteiger partial charge in [-0.15, -0.1) is 0 Å². The largest absolute Gasteiger partial charge is 0.490 e. The van der Waals surface area contributed by atoms with E-state index in [1.54, 1.807) is 17.0 Å². The number of anilines is 1. The number of nitrogens with two attached hydrogens (primary N) is 1. The van der Waals surface area contributed by atoms with Crippen LogP contribution in [0.15, 0.2) is 24.3 Å². The summed E-state index contributed by atoms with van der Waals surface area (Å²) in [6.45, 7) is 1.37. The second-order valence-corrected chi connectivity index (χ2v) is 3.41. The third-order valence-electron chi connectivity index (χ3n) is 2.17. The molecular weight excluding hydrogens is 216 g/mol. The van der Waals surface area contributed by atoms with Crippen molar-refractivity contribution in [2.24, 2.45) is 0 Å². The molecule has 0 unspecified atom stereocenters. The van der Waals surface area contributed by atoms with Crippen LogP contribution in [0.2, 0.25) is 0 Å². The molecule has 0 saturated heterocycles. The van der Waals surface area contributed by atoms with Crippen LogP contribution in [0.3, 0.4) is 0 Å². The first-order valence-electron chi connectivity index (χ1n) is 5.21. The predicted octanol–water partition coefficient (Wildman–Crippen LogP) is 0.997. The number of benzene rings is 1. The van der Waals surface area contributed by atoms with Crippen LogP contribution in [0.4, 0.5) is 5.69 Å². The molecule has 1 aromatic carbocycles. The molecule has 0 spiro atoms. The summed E-state index contributed by atoms with van der Waals surface area (Å²) in [6, 6.07) is 11.2. The smallest absolute Gasteiger partial charge is 0.142 e. The Balaban J connectivity index is 2.39. The van der Waals surface area contributed by atoms with Gasteiger partial charge in [-0.05, 0) is 12.1 Å². The number of rotatable bonds is 6. The molecule has 0 aliphatic carbocycles. The molecule has 0 aliphatic rings. The van der Waals surface area contributed by atoms with Gasteiger partial charge >= 0.3 is 0 Å². The van der Waals surface area contributed by atoms with E-state index in [0.717, 1.165) is 0 Å². The Kier molecular flexibility index (Phi) is 5.36. The van der Waals surface area contributed by atoms with E-state index in [4.69, 9.17) is 21.0 Å². The summed E-state index contributed by atoms with van der Waals surface area (Å²) < 4.78 is 5.47. The lowest BCUT2D eigenvalue weighted by Gasteiger charge is -2.15. The lowest BCUT2D eigenvalue weighted by Crippen LogP contribution is -2.29. The minimum Gasteiger partial charge on any atom is -0.490 e. The first-order valence-corrected chi connectivity index (χ1v) is 5.21. The first-order chi connectivity index (χ1) is 8.27. The molecule has 88 valence electrons. The fourth-order valence-electron chi connectivity index (χ4n) is 1.31. The fourth-order valence-corrected chi connectivity index (χ4v) is 1.31. The van der Waals surface area contributed by atoms with Crippen LogP contribution in [0.25, 0.3) is 0 Å². The Morgan fingerprint density at radius 2 is 1.82 bits per heavy atom. The number of nitrogen functional groups attached to an aromatic ring is 1. The van der Waals surface area contributed by atoms with E-state index in [0.29, 0.717) is 24.6 Å². The second kappa shape index (κ2) is 7.10. The summed E-state index contributed by atoms with van der Waals surface area (Å²) in [4.78, 5) is 1.71. The molecule has 0 heterocycles. The zero-order chi connectivity index (χ0) is 12.5. The first kappa shape index (κ1) is 12.8. The molecule has 0 saturated carbocycles. The van der Waals surface area contributed by atoms with Crippen molar-refractivity contribution in [2.45, 2.75) is 0 Å². The molecular formula is C12H14N4O. The molecule has 1 rings (SSSR count). The third kappa shape index (κ3) is 4.42. The Hall–Kier alpha value is -2.24. The van der Waals surface area contributed by atoms with Gasteiger partial charge in [-0.25, -0.2) is 0 Å². The quantitative estimate of drug-likeness (QED) is 0.582. The van der Waals surface area contributed by atoms with Crippen molar-refractivity contribution >= 4 is 5.69 Å². The lowest BCUT2D eigenvalue weighted by atomic mass is 10.3. The molecule has 1 aromatic rings. The van der Waals surface area contributed by atoms with Gasteiger partial charge < -0.3 is 10.5 Å². The highest BCUT2D eigenvalue weighted by molar-refractivity contribution is 5.51. The van der Waals surface area contributed by atoms with Gasteiger partial charge in [0.1, 0.15) is 12.4 Å². The van der Waals surface area contributed by atoms with Gasteiger partial charge in [0.2, 0.25) is 0 Å². The minimum atomic E-state index is 0.223. The van der Waals surface area contributed by atoms with E-state index in [2.05, 4.69) is 0 Å². The molecule has 5 nitrogen and oxygen atoms in total. The summed E-state index contributed by atoms with van der Waals surface area (Å²) >= 11 is 0. The number of hydrogen-bond acceptors (Lipinski definition) is 5. The minimum absolute atomic E-state index is 0.223. The van der Waals surface area contributed by atoms with Gasteiger partial charge in [-0.1, -0.05) is 12.1 Å². The van der Waals surface area contributed by atoms with Gasteiger partial charge in [0.05, 0.1) is 30.9 Å². The van der Waals surface area contributed by atoms with E-state index in [1.165, 1.54) is 0 Å². The Morgan fingerprint density at radius 1 is 1.18 bits per heavy atom. The van der Waals surface area contributed by atoms with E-state index in [1.807, 2.05) is 24.3 Å². The summed E-state index contributed by atoms with van der Waals surface area (Å²) in [6.07, 6.45) is 0. The fraction of sp³-hybridized carbons (Fsp3) is 0.333. The maximum absolute atomic E-state index is 8.56. The Morgan fingerprint density at radius 3 is 2.41 bits per heavy atom. The monoisotopic (exact) mass is 230 g/mol. The van der Waals surface area contributed by atoms with Crippen molar-refractivity contribution in [1.29, 1.82) is 10.5 Å². The zero-order valence-electron chi connectivity index (χ0n) is 9.47. The predicted molar refractivity (Wildman–Crippen MR) is 64.0 cm³/mol. The highest BCUT2D eigenvalue weighted by atomic mass is 16.5. The molecule has 2 N–H and O–H groups in total. The lowest BCUT2D eigenvalue weighted by molar-refractivity contribution is 0.240. The Bertz CT molecular complexity index is 417. The average Bonchev–Trinajstić information content (AvgIpc) is 2.32. The van der Waals surface area contributed by atoms with Crippen molar-refractivity contribution < 1.29 is 4.74 Å². The van der Waals surface area contributed by atoms with Gasteiger partial charge in [-0.3, -0.25) is 4.90 Å². The van der Waals surface area contributed by atoms with Crippen molar-refractivity contribution in [3.05, 3.63) is 24.3 Å². The van der Waals surface area contributed by atoms with Crippen LogP contribution in [0, 0.1) is 22.7 Å². The standard InChI is InChI=1S/C12H14N4O/c13-5-7-16(8-6-14)9-10-17-12-4-2-1-3-11(12)15/h1-4H,7-10,15H2. The van der Waals surface area contributed by atoms with E-state index >= 15 is 0 Å². The van der Waals surface area contributed by atoms with Crippen LogP contribution in [0.1, 0.15) is 0 Å². The van der Waals surface area contributed by atoms with Crippen LogP contribution in [0.5, 0.6) is 5.75 Å². The Labute approximate surface area is 101 Å². The highest BCUT2D eigenvalue weighted by Crippen LogP contribution is 2.19. The van der Waals surface area contributed by atoms with Crippen molar-refractivity contribution in [3.63, 3.8) is 0 Å².